The summed E-state index contributed by atoms with van der Waals surface area (Å²) < 4.78 is 43.9. The van der Waals surface area contributed by atoms with Crippen LogP contribution in [-0.2, 0) is 4.74 Å². The molecule has 0 aliphatic rings. The van der Waals surface area contributed by atoms with Crippen molar-refractivity contribution in [2.45, 2.75) is 10.4 Å². The fourth-order valence-electron chi connectivity index (χ4n) is 2.78. The van der Waals surface area contributed by atoms with Gasteiger partial charge >= 0.3 is 11.5 Å². The van der Waals surface area contributed by atoms with Crippen molar-refractivity contribution in [3.05, 3.63) is 60.3 Å². The predicted octanol–water partition coefficient (Wildman–Crippen LogP) is 5.31. The zero-order chi connectivity index (χ0) is 21.7. The fraction of sp³-hybridized carbons (Fsp3) is 0.238. The number of halogens is 3. The highest BCUT2D eigenvalue weighted by Gasteiger charge is 2.30. The van der Waals surface area contributed by atoms with Gasteiger partial charge in [0.1, 0.15) is 6.61 Å². The van der Waals surface area contributed by atoms with Gasteiger partial charge in [-0.2, -0.15) is 13.2 Å². The van der Waals surface area contributed by atoms with Crippen LogP contribution in [0.15, 0.2) is 59.6 Å². The Morgan fingerprint density at radius 2 is 1.87 bits per heavy atom. The summed E-state index contributed by atoms with van der Waals surface area (Å²) in [5, 5.41) is 3.66. The van der Waals surface area contributed by atoms with E-state index in [-0.39, 0.29) is 28.8 Å². The molecule has 3 aromatic rings. The van der Waals surface area contributed by atoms with E-state index in [0.717, 1.165) is 0 Å². The number of anilines is 2. The predicted molar refractivity (Wildman–Crippen MR) is 112 cm³/mol. The Morgan fingerprint density at radius 3 is 2.60 bits per heavy atom. The summed E-state index contributed by atoms with van der Waals surface area (Å²) in [6, 6.07) is 13.1. The molecule has 0 aliphatic heterocycles. The van der Waals surface area contributed by atoms with Gasteiger partial charge in [0, 0.05) is 28.7 Å². The van der Waals surface area contributed by atoms with Gasteiger partial charge in [-0.3, -0.25) is 4.98 Å². The van der Waals surface area contributed by atoms with Crippen LogP contribution in [0.3, 0.4) is 0 Å². The van der Waals surface area contributed by atoms with E-state index in [4.69, 9.17) is 4.74 Å². The molecule has 0 atom stereocenters. The average Bonchev–Trinajstić information content (AvgIpc) is 2.67. The minimum atomic E-state index is -4.41. The molecule has 1 aromatic heterocycles. The van der Waals surface area contributed by atoms with E-state index in [9.17, 15) is 18.0 Å². The van der Waals surface area contributed by atoms with E-state index in [1.54, 1.807) is 42.5 Å². The van der Waals surface area contributed by atoms with E-state index < -0.39 is 11.5 Å². The molecule has 0 aliphatic carbocycles. The standard InChI is InChI=1S/C21H20F3N3O2S/c1-27(2)12-13-29-20(28)15-6-3-4-8-16(15)26-17-10-11-25-19-14(17)7-5-9-18(19)30-21(22,23)24/h3-11H,12-13H2,1-2H3,(H,25,26). The zero-order valence-corrected chi connectivity index (χ0v) is 17.2. The number of fused-ring (bicyclic) bond motifs is 1. The second kappa shape index (κ2) is 9.36. The minimum absolute atomic E-state index is 0.0139. The third kappa shape index (κ3) is 5.64. The second-order valence-corrected chi connectivity index (χ2v) is 7.78. The molecule has 0 saturated carbocycles. The maximum Gasteiger partial charge on any atom is 0.446 e. The van der Waals surface area contributed by atoms with Crippen LogP contribution in [0.2, 0.25) is 0 Å². The molecule has 1 N–H and O–H groups in total. The number of benzene rings is 2. The Morgan fingerprint density at radius 1 is 1.10 bits per heavy atom. The number of hydrogen-bond acceptors (Lipinski definition) is 6. The van der Waals surface area contributed by atoms with Crippen LogP contribution in [0.25, 0.3) is 10.9 Å². The third-order valence-corrected chi connectivity index (χ3v) is 4.93. The minimum Gasteiger partial charge on any atom is -0.461 e. The lowest BCUT2D eigenvalue weighted by Crippen LogP contribution is -2.20. The first-order valence-corrected chi connectivity index (χ1v) is 9.87. The Kier molecular flexibility index (Phi) is 6.84. The summed E-state index contributed by atoms with van der Waals surface area (Å²) in [6.45, 7) is 0.840. The summed E-state index contributed by atoms with van der Waals surface area (Å²) >= 11 is -0.204. The lowest BCUT2D eigenvalue weighted by Gasteiger charge is -2.15. The smallest absolute Gasteiger partial charge is 0.446 e. The van der Waals surface area contributed by atoms with Crippen molar-refractivity contribution in [3.63, 3.8) is 0 Å². The fourth-order valence-corrected chi connectivity index (χ4v) is 3.43. The molecule has 0 fully saturated rings. The molecule has 158 valence electrons. The molecule has 9 heteroatoms. The van der Waals surface area contributed by atoms with Crippen LogP contribution in [-0.4, -0.2) is 48.6 Å². The summed E-state index contributed by atoms with van der Waals surface area (Å²) in [5.74, 6) is -0.480. The number of aromatic nitrogens is 1. The SMILES string of the molecule is CN(C)CCOC(=O)c1ccccc1Nc1ccnc2c(SC(F)(F)F)cccc12. The monoisotopic (exact) mass is 435 g/mol. The van der Waals surface area contributed by atoms with Crippen LogP contribution in [0, 0.1) is 0 Å². The molecule has 0 radical (unpaired) electrons. The lowest BCUT2D eigenvalue weighted by molar-refractivity contribution is -0.0327. The zero-order valence-electron chi connectivity index (χ0n) is 16.4. The van der Waals surface area contributed by atoms with Crippen LogP contribution in [0.1, 0.15) is 10.4 Å². The first-order chi connectivity index (χ1) is 14.2. The molecule has 2 aromatic carbocycles. The number of rotatable bonds is 7. The number of pyridine rings is 1. The molecule has 0 unspecified atom stereocenters. The number of ether oxygens (including phenoxy) is 1. The highest BCUT2D eigenvalue weighted by molar-refractivity contribution is 8.00. The van der Waals surface area contributed by atoms with E-state index in [2.05, 4.69) is 10.3 Å². The molecule has 0 bridgehead atoms. The maximum absolute atomic E-state index is 12.9. The van der Waals surface area contributed by atoms with Gasteiger partial charge in [0.25, 0.3) is 0 Å². The van der Waals surface area contributed by atoms with Crippen LogP contribution in [0.5, 0.6) is 0 Å². The molecule has 0 saturated heterocycles. The van der Waals surface area contributed by atoms with Crippen LogP contribution < -0.4 is 5.32 Å². The second-order valence-electron chi connectivity index (χ2n) is 6.67. The number of likely N-dealkylation sites (N-methyl/N-ethyl adjacent to an activating group) is 1. The molecule has 5 nitrogen and oxygen atoms in total. The van der Waals surface area contributed by atoms with Gasteiger partial charge in [-0.25, -0.2) is 4.79 Å². The Labute approximate surface area is 176 Å². The molecular weight excluding hydrogens is 415 g/mol. The highest BCUT2D eigenvalue weighted by atomic mass is 32.2. The van der Waals surface area contributed by atoms with Gasteiger partial charge < -0.3 is 15.0 Å². The number of carbonyl (C=O) groups excluding carboxylic acids is 1. The van der Waals surface area contributed by atoms with E-state index >= 15 is 0 Å². The summed E-state index contributed by atoms with van der Waals surface area (Å²) in [7, 11) is 3.76. The normalized spacial score (nSPS) is 11.7. The van der Waals surface area contributed by atoms with Crippen molar-refractivity contribution >= 4 is 40.0 Å². The molecule has 1 heterocycles. The number of thioether (sulfide) groups is 1. The molecule has 0 amide bonds. The lowest BCUT2D eigenvalue weighted by atomic mass is 10.1. The summed E-state index contributed by atoms with van der Waals surface area (Å²) in [5.41, 5.74) is -2.81. The first kappa shape index (κ1) is 21.9. The Hall–Kier alpha value is -2.78. The number of para-hydroxylation sites is 2. The van der Waals surface area contributed by atoms with Crippen molar-refractivity contribution in [2.75, 3.05) is 32.6 Å². The van der Waals surface area contributed by atoms with E-state index in [1.807, 2.05) is 19.0 Å². The van der Waals surface area contributed by atoms with Crippen molar-refractivity contribution < 1.29 is 22.7 Å². The molecular formula is C21H20F3N3O2S. The van der Waals surface area contributed by atoms with Gasteiger partial charge in [-0.15, -0.1) is 0 Å². The number of hydrogen-bond donors (Lipinski definition) is 1. The van der Waals surface area contributed by atoms with Gasteiger partial charge in [0.2, 0.25) is 0 Å². The van der Waals surface area contributed by atoms with Crippen LogP contribution >= 0.6 is 11.8 Å². The topological polar surface area (TPSA) is 54.5 Å². The number of esters is 1. The van der Waals surface area contributed by atoms with Crippen molar-refractivity contribution in [1.82, 2.24) is 9.88 Å². The average molecular weight is 435 g/mol. The van der Waals surface area contributed by atoms with Gasteiger partial charge in [-0.05, 0) is 50.1 Å². The number of nitrogens with one attached hydrogen (secondary N) is 1. The highest BCUT2D eigenvalue weighted by Crippen LogP contribution is 2.41. The quantitative estimate of drug-likeness (QED) is 0.401. The Balaban J connectivity index is 1.90. The molecule has 3 rings (SSSR count). The molecule has 0 spiro atoms. The number of carbonyl (C=O) groups is 1. The van der Waals surface area contributed by atoms with Crippen molar-refractivity contribution in [2.24, 2.45) is 0 Å². The van der Waals surface area contributed by atoms with Crippen LogP contribution in [0.4, 0.5) is 24.5 Å². The Bertz CT molecular complexity index is 1040. The van der Waals surface area contributed by atoms with Crippen molar-refractivity contribution in [1.29, 1.82) is 0 Å². The number of nitrogens with zero attached hydrogens (tertiary/aromatic N) is 2. The summed E-state index contributed by atoms with van der Waals surface area (Å²) in [6.07, 6.45) is 1.43. The van der Waals surface area contributed by atoms with E-state index in [1.165, 1.54) is 12.3 Å². The van der Waals surface area contributed by atoms with E-state index in [0.29, 0.717) is 28.9 Å². The van der Waals surface area contributed by atoms with Crippen molar-refractivity contribution in [3.8, 4) is 0 Å². The third-order valence-electron chi connectivity index (χ3n) is 4.15. The van der Waals surface area contributed by atoms with Gasteiger partial charge in [-0.1, -0.05) is 24.3 Å². The molecule has 30 heavy (non-hydrogen) atoms. The maximum atomic E-state index is 12.9. The number of alkyl halides is 3. The largest absolute Gasteiger partial charge is 0.461 e. The van der Waals surface area contributed by atoms with Gasteiger partial charge in [0.05, 0.1) is 16.8 Å². The van der Waals surface area contributed by atoms with Gasteiger partial charge in [0.15, 0.2) is 0 Å². The summed E-state index contributed by atoms with van der Waals surface area (Å²) in [4.78, 5) is 18.5. The first-order valence-electron chi connectivity index (χ1n) is 9.06.